The Morgan fingerprint density at radius 3 is 2.21 bits per heavy atom. The number of sulfonamides is 1. The van der Waals surface area contributed by atoms with Gasteiger partial charge in [0.1, 0.15) is 0 Å². The molecule has 108 valence electrons. The third-order valence-electron chi connectivity index (χ3n) is 3.20. The molecular formula is C14H23NO3S. The minimum absolute atomic E-state index is 0.0981. The summed E-state index contributed by atoms with van der Waals surface area (Å²) in [5.41, 5.74) is 1.03. The third kappa shape index (κ3) is 4.93. The van der Waals surface area contributed by atoms with Gasteiger partial charge in [-0.25, -0.2) is 13.1 Å². The van der Waals surface area contributed by atoms with E-state index in [2.05, 4.69) is 4.72 Å². The van der Waals surface area contributed by atoms with Crippen molar-refractivity contribution in [2.45, 2.75) is 44.6 Å². The van der Waals surface area contributed by atoms with Gasteiger partial charge in [-0.1, -0.05) is 26.0 Å². The van der Waals surface area contributed by atoms with Gasteiger partial charge in [0.2, 0.25) is 10.0 Å². The zero-order chi connectivity index (χ0) is 14.5. The van der Waals surface area contributed by atoms with Crippen molar-refractivity contribution in [2.75, 3.05) is 6.61 Å². The third-order valence-corrected chi connectivity index (χ3v) is 4.77. The van der Waals surface area contributed by atoms with Crippen LogP contribution in [0.3, 0.4) is 0 Å². The normalized spacial score (nSPS) is 13.7. The monoisotopic (exact) mass is 285 g/mol. The molecule has 0 heterocycles. The average Bonchev–Trinajstić information content (AvgIpc) is 2.36. The van der Waals surface area contributed by atoms with Crippen LogP contribution in [0.15, 0.2) is 29.2 Å². The Kier molecular flexibility index (Phi) is 5.97. The molecule has 0 fully saturated rings. The molecule has 0 bridgehead atoms. The van der Waals surface area contributed by atoms with E-state index in [1.165, 1.54) is 0 Å². The quantitative estimate of drug-likeness (QED) is 0.804. The highest BCUT2D eigenvalue weighted by molar-refractivity contribution is 7.89. The fourth-order valence-corrected chi connectivity index (χ4v) is 2.96. The molecule has 1 rings (SSSR count). The molecule has 1 unspecified atom stereocenters. The molecule has 1 aromatic rings. The number of aliphatic hydroxyl groups is 1. The minimum atomic E-state index is -3.44. The molecular weight excluding hydrogens is 262 g/mol. The molecule has 1 atom stereocenters. The van der Waals surface area contributed by atoms with E-state index < -0.39 is 10.0 Å². The van der Waals surface area contributed by atoms with Crippen molar-refractivity contribution in [3.05, 3.63) is 29.8 Å². The summed E-state index contributed by atoms with van der Waals surface area (Å²) in [6.07, 6.45) is 1.45. The summed E-state index contributed by atoms with van der Waals surface area (Å²) in [5, 5.41) is 8.76. The molecule has 0 spiro atoms. The van der Waals surface area contributed by atoms with Gasteiger partial charge in [0.25, 0.3) is 0 Å². The number of nitrogens with one attached hydrogen (secondary N) is 1. The SMILES string of the molecule is CC(C)C(C)NS(=O)(=O)c1ccc(CCCO)cc1. The molecule has 0 aliphatic carbocycles. The van der Waals surface area contributed by atoms with Crippen LogP contribution in [0.2, 0.25) is 0 Å². The van der Waals surface area contributed by atoms with E-state index in [9.17, 15) is 8.42 Å². The van der Waals surface area contributed by atoms with Crippen molar-refractivity contribution in [3.63, 3.8) is 0 Å². The van der Waals surface area contributed by atoms with Crippen molar-refractivity contribution >= 4 is 10.0 Å². The van der Waals surface area contributed by atoms with Gasteiger partial charge in [-0.15, -0.1) is 0 Å². The van der Waals surface area contributed by atoms with Gasteiger partial charge in [0.05, 0.1) is 4.90 Å². The van der Waals surface area contributed by atoms with E-state index in [0.717, 1.165) is 12.0 Å². The second-order valence-corrected chi connectivity index (χ2v) is 6.84. The second-order valence-electron chi connectivity index (χ2n) is 5.13. The fraction of sp³-hybridized carbons (Fsp3) is 0.571. The molecule has 19 heavy (non-hydrogen) atoms. The van der Waals surface area contributed by atoms with Crippen LogP contribution in [0.4, 0.5) is 0 Å². The summed E-state index contributed by atoms with van der Waals surface area (Å²) in [6.45, 7) is 5.96. The Morgan fingerprint density at radius 1 is 1.16 bits per heavy atom. The number of rotatable bonds is 7. The van der Waals surface area contributed by atoms with Crippen molar-refractivity contribution in [3.8, 4) is 0 Å². The zero-order valence-corrected chi connectivity index (χ0v) is 12.6. The fourth-order valence-electron chi connectivity index (χ4n) is 1.57. The first-order valence-electron chi connectivity index (χ1n) is 6.59. The molecule has 1 aromatic carbocycles. The van der Waals surface area contributed by atoms with Crippen LogP contribution in [-0.2, 0) is 16.4 Å². The van der Waals surface area contributed by atoms with Crippen LogP contribution in [-0.4, -0.2) is 26.2 Å². The largest absolute Gasteiger partial charge is 0.396 e. The van der Waals surface area contributed by atoms with E-state index in [4.69, 9.17) is 5.11 Å². The highest BCUT2D eigenvalue weighted by atomic mass is 32.2. The van der Waals surface area contributed by atoms with Gasteiger partial charge in [0.15, 0.2) is 0 Å². The number of benzene rings is 1. The lowest BCUT2D eigenvalue weighted by molar-refractivity contribution is 0.288. The summed E-state index contributed by atoms with van der Waals surface area (Å²) in [4.78, 5) is 0.285. The lowest BCUT2D eigenvalue weighted by Gasteiger charge is -2.17. The highest BCUT2D eigenvalue weighted by Gasteiger charge is 2.18. The van der Waals surface area contributed by atoms with Gasteiger partial charge in [-0.2, -0.15) is 0 Å². The molecule has 2 N–H and O–H groups in total. The Morgan fingerprint density at radius 2 is 1.74 bits per heavy atom. The van der Waals surface area contributed by atoms with Crippen LogP contribution < -0.4 is 4.72 Å². The van der Waals surface area contributed by atoms with E-state index in [1.54, 1.807) is 24.3 Å². The first kappa shape index (κ1) is 16.1. The Labute approximate surface area is 115 Å². The van der Waals surface area contributed by atoms with Crippen LogP contribution in [0, 0.1) is 5.92 Å². The molecule has 5 heteroatoms. The molecule has 0 aliphatic heterocycles. The molecule has 0 saturated carbocycles. The lowest BCUT2D eigenvalue weighted by Crippen LogP contribution is -2.36. The summed E-state index contributed by atoms with van der Waals surface area (Å²) in [5.74, 6) is 0.249. The van der Waals surface area contributed by atoms with Crippen LogP contribution >= 0.6 is 0 Å². The van der Waals surface area contributed by atoms with Gasteiger partial charge in [0, 0.05) is 12.6 Å². The number of hydrogen-bond acceptors (Lipinski definition) is 3. The first-order chi connectivity index (χ1) is 8.86. The minimum Gasteiger partial charge on any atom is -0.396 e. The summed E-state index contributed by atoms with van der Waals surface area (Å²) >= 11 is 0. The molecule has 0 aliphatic rings. The van der Waals surface area contributed by atoms with Crippen molar-refractivity contribution in [1.82, 2.24) is 4.72 Å². The van der Waals surface area contributed by atoms with Gasteiger partial charge < -0.3 is 5.11 Å². The van der Waals surface area contributed by atoms with Crippen LogP contribution in [0.25, 0.3) is 0 Å². The van der Waals surface area contributed by atoms with E-state index in [0.29, 0.717) is 6.42 Å². The molecule has 0 saturated heterocycles. The Hall–Kier alpha value is -0.910. The van der Waals surface area contributed by atoms with Crippen molar-refractivity contribution in [2.24, 2.45) is 5.92 Å². The molecule has 0 amide bonds. The van der Waals surface area contributed by atoms with Gasteiger partial charge >= 0.3 is 0 Å². The maximum atomic E-state index is 12.1. The second kappa shape index (κ2) is 7.03. The number of hydrogen-bond donors (Lipinski definition) is 2. The topological polar surface area (TPSA) is 66.4 Å². The highest BCUT2D eigenvalue weighted by Crippen LogP contribution is 2.13. The predicted molar refractivity (Wildman–Crippen MR) is 76.5 cm³/mol. The van der Waals surface area contributed by atoms with E-state index >= 15 is 0 Å². The van der Waals surface area contributed by atoms with E-state index in [1.807, 2.05) is 20.8 Å². The molecule has 0 aromatic heterocycles. The smallest absolute Gasteiger partial charge is 0.240 e. The van der Waals surface area contributed by atoms with Gasteiger partial charge in [-0.05, 0) is 43.4 Å². The molecule has 4 nitrogen and oxygen atoms in total. The summed E-state index contributed by atoms with van der Waals surface area (Å²) in [7, 11) is -3.44. The van der Waals surface area contributed by atoms with Crippen molar-refractivity contribution in [1.29, 1.82) is 0 Å². The number of aryl methyl sites for hydroxylation is 1. The molecule has 0 radical (unpaired) electrons. The summed E-state index contributed by atoms with van der Waals surface area (Å²) < 4.78 is 26.9. The van der Waals surface area contributed by atoms with Crippen LogP contribution in [0.5, 0.6) is 0 Å². The predicted octanol–water partition coefficient (Wildman–Crippen LogP) is 1.93. The van der Waals surface area contributed by atoms with E-state index in [-0.39, 0.29) is 23.5 Å². The number of aliphatic hydroxyl groups excluding tert-OH is 1. The standard InChI is InChI=1S/C14H23NO3S/c1-11(2)12(3)15-19(17,18)14-8-6-13(7-9-14)5-4-10-16/h6-9,11-12,15-16H,4-5,10H2,1-3H3. The maximum Gasteiger partial charge on any atom is 0.240 e. The Balaban J connectivity index is 2.79. The maximum absolute atomic E-state index is 12.1. The Bertz CT molecular complexity index is 480. The zero-order valence-electron chi connectivity index (χ0n) is 11.8. The first-order valence-corrected chi connectivity index (χ1v) is 8.07. The average molecular weight is 285 g/mol. The summed E-state index contributed by atoms with van der Waals surface area (Å²) in [6, 6.07) is 6.72. The van der Waals surface area contributed by atoms with Crippen LogP contribution in [0.1, 0.15) is 32.8 Å². The van der Waals surface area contributed by atoms with Crippen molar-refractivity contribution < 1.29 is 13.5 Å². The lowest BCUT2D eigenvalue weighted by atomic mass is 10.1. The van der Waals surface area contributed by atoms with Gasteiger partial charge in [-0.3, -0.25) is 0 Å².